The second-order valence-corrected chi connectivity index (χ2v) is 3.81. The maximum absolute atomic E-state index is 12.0. The minimum absolute atomic E-state index is 0.0771. The lowest BCUT2D eigenvalue weighted by Crippen LogP contribution is -2.01. The minimum atomic E-state index is -0.512. The van der Waals surface area contributed by atoms with Gasteiger partial charge < -0.3 is 0 Å². The zero-order valence-electron chi connectivity index (χ0n) is 10.3. The molecule has 20 heavy (non-hydrogen) atoms. The van der Waals surface area contributed by atoms with Crippen molar-refractivity contribution in [3.63, 3.8) is 0 Å². The first-order chi connectivity index (χ1) is 9.60. The van der Waals surface area contributed by atoms with E-state index >= 15 is 0 Å². The topological polar surface area (TPSA) is 84.1 Å². The number of nitrogens with zero attached hydrogens (tertiary/aromatic N) is 1. The smallest absolute Gasteiger partial charge is 0.270 e. The van der Waals surface area contributed by atoms with Gasteiger partial charge in [0.25, 0.3) is 5.69 Å². The Balaban J connectivity index is 0.000000612. The van der Waals surface area contributed by atoms with Crippen molar-refractivity contribution >= 4 is 28.8 Å². The highest BCUT2D eigenvalue weighted by Crippen LogP contribution is 2.16. The van der Waals surface area contributed by atoms with E-state index in [0.29, 0.717) is 11.1 Å². The van der Waals surface area contributed by atoms with Crippen molar-refractivity contribution < 1.29 is 9.72 Å². The molecular weight excluding hydrogens is 276 g/mol. The molecule has 6 heteroatoms. The Labute approximate surface area is 120 Å². The van der Waals surface area contributed by atoms with Crippen molar-refractivity contribution in [1.82, 2.24) is 0 Å². The number of thiocarbonyl (C=S) groups is 1. The van der Waals surface area contributed by atoms with Gasteiger partial charge in [0.15, 0.2) is 5.78 Å². The Morgan fingerprint density at radius 3 is 2.20 bits per heavy atom. The van der Waals surface area contributed by atoms with Crippen LogP contribution in [0.4, 0.5) is 5.69 Å². The van der Waals surface area contributed by atoms with Crippen molar-refractivity contribution in [1.29, 1.82) is 5.41 Å². The normalized spacial score (nSPS) is 8.80. The number of rotatable bonds is 3. The molecule has 0 aliphatic carbocycles. The summed E-state index contributed by atoms with van der Waals surface area (Å²) in [6, 6.07) is 14.4. The van der Waals surface area contributed by atoms with Crippen molar-refractivity contribution in [2.45, 2.75) is 0 Å². The van der Waals surface area contributed by atoms with E-state index in [-0.39, 0.29) is 11.5 Å². The number of nitro benzene ring substituents is 1. The summed E-state index contributed by atoms with van der Waals surface area (Å²) in [7, 11) is 0. The summed E-state index contributed by atoms with van der Waals surface area (Å²) in [5.74, 6) is -0.214. The molecule has 100 valence electrons. The van der Waals surface area contributed by atoms with Crippen LogP contribution in [-0.4, -0.2) is 15.9 Å². The van der Waals surface area contributed by atoms with Crippen molar-refractivity contribution in [3.05, 3.63) is 75.8 Å². The number of carbonyl (C=O) groups excluding carboxylic acids is 1. The van der Waals surface area contributed by atoms with Gasteiger partial charge in [-0.25, -0.2) is 5.41 Å². The molecule has 2 aromatic carbocycles. The molecule has 5 nitrogen and oxygen atoms in total. The van der Waals surface area contributed by atoms with Crippen LogP contribution in [0.2, 0.25) is 0 Å². The molecule has 0 heterocycles. The monoisotopic (exact) mass is 286 g/mol. The average Bonchev–Trinajstić information content (AvgIpc) is 2.48. The lowest BCUT2D eigenvalue weighted by atomic mass is 10.0. The molecule has 0 atom stereocenters. The lowest BCUT2D eigenvalue weighted by molar-refractivity contribution is -0.384. The molecule has 0 saturated carbocycles. The zero-order valence-corrected chi connectivity index (χ0v) is 11.1. The van der Waals surface area contributed by atoms with Crippen LogP contribution in [0.5, 0.6) is 0 Å². The third-order valence-electron chi connectivity index (χ3n) is 2.36. The highest BCUT2D eigenvalue weighted by atomic mass is 32.1. The van der Waals surface area contributed by atoms with Crippen LogP contribution < -0.4 is 0 Å². The summed E-state index contributed by atoms with van der Waals surface area (Å²) in [5.41, 5.74) is 0.769. The predicted octanol–water partition coefficient (Wildman–Crippen LogP) is 3.49. The van der Waals surface area contributed by atoms with Crippen LogP contribution in [0.15, 0.2) is 54.6 Å². The number of non-ortho nitro benzene ring substituents is 1. The molecule has 0 saturated heterocycles. The summed E-state index contributed by atoms with van der Waals surface area (Å²) < 4.78 is 0. The van der Waals surface area contributed by atoms with Crippen molar-refractivity contribution in [2.24, 2.45) is 0 Å². The van der Waals surface area contributed by atoms with E-state index in [1.165, 1.54) is 18.2 Å². The Hall–Kier alpha value is -2.69. The van der Waals surface area contributed by atoms with Crippen LogP contribution in [0.25, 0.3) is 0 Å². The highest BCUT2D eigenvalue weighted by Gasteiger charge is 2.12. The van der Waals surface area contributed by atoms with E-state index < -0.39 is 4.92 Å². The fraction of sp³-hybridized carbons (Fsp3) is 0. The largest absolute Gasteiger partial charge is 0.289 e. The molecule has 2 rings (SSSR count). The summed E-state index contributed by atoms with van der Waals surface area (Å²) in [6.07, 6.45) is 0. The number of isothiocyanates is 1. The SMILES string of the molecule is N=C=S.O=C(c1ccccc1)c1cccc([N+](=O)[O-])c1. The second kappa shape index (κ2) is 7.68. The van der Waals surface area contributed by atoms with Gasteiger partial charge in [0.1, 0.15) is 0 Å². The highest BCUT2D eigenvalue weighted by molar-refractivity contribution is 7.78. The first-order valence-electron chi connectivity index (χ1n) is 5.48. The van der Waals surface area contributed by atoms with Gasteiger partial charge in [-0.15, -0.1) is 0 Å². The zero-order chi connectivity index (χ0) is 15.0. The number of nitrogens with one attached hydrogen (secondary N) is 1. The van der Waals surface area contributed by atoms with Crippen molar-refractivity contribution in [2.75, 3.05) is 0 Å². The summed E-state index contributed by atoms with van der Waals surface area (Å²) in [6.45, 7) is 0. The molecule has 0 unspecified atom stereocenters. The fourth-order valence-electron chi connectivity index (χ4n) is 1.52. The Kier molecular flexibility index (Phi) is 5.90. The maximum atomic E-state index is 12.0. The van der Waals surface area contributed by atoms with Crippen LogP contribution in [0, 0.1) is 15.5 Å². The van der Waals surface area contributed by atoms with Gasteiger partial charge in [-0.2, -0.15) is 0 Å². The first-order valence-corrected chi connectivity index (χ1v) is 5.89. The van der Waals surface area contributed by atoms with E-state index in [2.05, 4.69) is 12.2 Å². The van der Waals surface area contributed by atoms with Crippen LogP contribution >= 0.6 is 12.2 Å². The third kappa shape index (κ3) is 4.20. The van der Waals surface area contributed by atoms with E-state index in [9.17, 15) is 14.9 Å². The minimum Gasteiger partial charge on any atom is -0.289 e. The lowest BCUT2D eigenvalue weighted by Gasteiger charge is -2.00. The van der Waals surface area contributed by atoms with Gasteiger partial charge in [-0.1, -0.05) is 42.5 Å². The second-order valence-electron chi connectivity index (χ2n) is 3.60. The number of hydrogen-bond acceptors (Lipinski definition) is 5. The summed E-state index contributed by atoms with van der Waals surface area (Å²) in [5, 5.41) is 18.0. The molecule has 2 aromatic rings. The van der Waals surface area contributed by atoms with E-state index in [4.69, 9.17) is 5.41 Å². The molecule has 0 spiro atoms. The number of benzene rings is 2. The van der Waals surface area contributed by atoms with Crippen LogP contribution in [-0.2, 0) is 0 Å². The third-order valence-corrected chi connectivity index (χ3v) is 2.36. The van der Waals surface area contributed by atoms with E-state index in [0.717, 1.165) is 0 Å². The van der Waals surface area contributed by atoms with Gasteiger partial charge in [0.2, 0.25) is 0 Å². The average molecular weight is 286 g/mol. The van der Waals surface area contributed by atoms with E-state index in [1.807, 2.05) is 6.07 Å². The number of hydrogen-bond donors (Lipinski definition) is 1. The number of ketones is 1. The van der Waals surface area contributed by atoms with E-state index in [1.54, 1.807) is 35.5 Å². The molecule has 0 bridgehead atoms. The first kappa shape index (κ1) is 15.4. The molecule has 0 aromatic heterocycles. The van der Waals surface area contributed by atoms with Crippen molar-refractivity contribution in [3.8, 4) is 0 Å². The van der Waals surface area contributed by atoms with Crippen LogP contribution in [0.3, 0.4) is 0 Å². The molecule has 1 N–H and O–H groups in total. The van der Waals surface area contributed by atoms with Gasteiger partial charge in [-0.05, 0) is 12.2 Å². The molecule has 0 fully saturated rings. The Bertz CT molecular complexity index is 650. The van der Waals surface area contributed by atoms with Crippen LogP contribution in [0.1, 0.15) is 15.9 Å². The molecular formula is C14H10N2O3S. The Morgan fingerprint density at radius 2 is 1.65 bits per heavy atom. The molecule has 0 amide bonds. The molecule has 0 radical (unpaired) electrons. The molecule has 0 aliphatic heterocycles. The maximum Gasteiger partial charge on any atom is 0.270 e. The van der Waals surface area contributed by atoms with Gasteiger partial charge in [-0.3, -0.25) is 14.9 Å². The van der Waals surface area contributed by atoms with Gasteiger partial charge in [0, 0.05) is 23.3 Å². The summed E-state index contributed by atoms with van der Waals surface area (Å²) in [4.78, 5) is 22.1. The fourth-order valence-corrected chi connectivity index (χ4v) is 1.52. The summed E-state index contributed by atoms with van der Waals surface area (Å²) >= 11 is 3.81. The number of carbonyl (C=O) groups is 1. The number of nitro groups is 1. The quantitative estimate of drug-likeness (QED) is 0.308. The Morgan fingerprint density at radius 1 is 1.10 bits per heavy atom. The van der Waals surface area contributed by atoms with Gasteiger partial charge >= 0.3 is 0 Å². The predicted molar refractivity (Wildman–Crippen MR) is 78.3 cm³/mol. The standard InChI is InChI=1S/C13H9NO3.CHNS/c15-13(10-5-2-1-3-6-10)11-7-4-8-12(9-11)14(16)17;2-1-3/h1-9H;2H. The van der Waals surface area contributed by atoms with Gasteiger partial charge in [0.05, 0.1) is 10.1 Å². The molecule has 0 aliphatic rings.